The zero-order valence-corrected chi connectivity index (χ0v) is 14.9. The van der Waals surface area contributed by atoms with E-state index in [1.807, 2.05) is 0 Å². The van der Waals surface area contributed by atoms with Crippen LogP contribution in [-0.4, -0.2) is 0 Å². The summed E-state index contributed by atoms with van der Waals surface area (Å²) in [6.07, 6.45) is 11.9. The van der Waals surface area contributed by atoms with E-state index in [1.165, 1.54) is 56.9 Å². The fraction of sp³-hybridized carbons (Fsp3) is 0.727. The van der Waals surface area contributed by atoms with Gasteiger partial charge in [-0.25, -0.2) is 0 Å². The molecule has 0 spiro atoms. The highest BCUT2D eigenvalue weighted by atomic mass is 14.4. The average Bonchev–Trinajstić information content (AvgIpc) is 2.56. The second-order valence-corrected chi connectivity index (χ2v) is 8.39. The summed E-state index contributed by atoms with van der Waals surface area (Å²) in [7, 11) is 0. The summed E-state index contributed by atoms with van der Waals surface area (Å²) >= 11 is 0. The van der Waals surface area contributed by atoms with Gasteiger partial charge in [0.2, 0.25) is 0 Å². The van der Waals surface area contributed by atoms with Crippen LogP contribution < -0.4 is 0 Å². The molecule has 22 heavy (non-hydrogen) atoms. The van der Waals surface area contributed by atoms with Crippen molar-refractivity contribution in [2.45, 2.75) is 78.1 Å². The first kappa shape index (κ1) is 16.1. The molecular weight excluding hydrogens is 264 g/mol. The van der Waals surface area contributed by atoms with Gasteiger partial charge in [0.25, 0.3) is 0 Å². The van der Waals surface area contributed by atoms with Gasteiger partial charge in [-0.05, 0) is 80.6 Å². The number of benzene rings is 1. The molecule has 3 rings (SSSR count). The maximum atomic E-state index is 2.46. The number of rotatable bonds is 3. The molecule has 2 fully saturated rings. The zero-order valence-electron chi connectivity index (χ0n) is 14.9. The lowest BCUT2D eigenvalue weighted by Crippen LogP contribution is -2.26. The summed E-state index contributed by atoms with van der Waals surface area (Å²) in [6.45, 7) is 7.08. The Morgan fingerprint density at radius 2 is 1.27 bits per heavy atom. The molecule has 1 atom stereocenters. The highest BCUT2D eigenvalue weighted by molar-refractivity contribution is 5.24. The van der Waals surface area contributed by atoms with Gasteiger partial charge in [-0.15, -0.1) is 0 Å². The molecule has 0 saturated heterocycles. The van der Waals surface area contributed by atoms with E-state index in [0.717, 1.165) is 29.6 Å². The molecule has 0 N–H and O–H groups in total. The predicted molar refractivity (Wildman–Crippen MR) is 96.2 cm³/mol. The van der Waals surface area contributed by atoms with Crippen LogP contribution in [0.2, 0.25) is 0 Å². The van der Waals surface area contributed by atoms with Crippen molar-refractivity contribution in [1.82, 2.24) is 0 Å². The van der Waals surface area contributed by atoms with Crippen LogP contribution in [0.15, 0.2) is 24.3 Å². The minimum Gasteiger partial charge on any atom is -0.0625 e. The van der Waals surface area contributed by atoms with E-state index in [2.05, 4.69) is 45.0 Å². The third-order valence-electron chi connectivity index (χ3n) is 6.85. The molecule has 0 heterocycles. The molecule has 1 aromatic rings. The Hall–Kier alpha value is -0.780. The highest BCUT2D eigenvalue weighted by Gasteiger charge is 2.31. The van der Waals surface area contributed by atoms with E-state index in [1.54, 1.807) is 5.56 Å². The molecule has 2 aliphatic carbocycles. The second-order valence-electron chi connectivity index (χ2n) is 8.39. The van der Waals surface area contributed by atoms with E-state index < -0.39 is 0 Å². The summed E-state index contributed by atoms with van der Waals surface area (Å²) in [5.41, 5.74) is 2.94. The Kier molecular flexibility index (Phi) is 5.26. The van der Waals surface area contributed by atoms with Crippen LogP contribution in [0.3, 0.4) is 0 Å². The maximum absolute atomic E-state index is 2.46. The monoisotopic (exact) mass is 298 g/mol. The van der Waals surface area contributed by atoms with Gasteiger partial charge in [0.15, 0.2) is 0 Å². The molecule has 0 aliphatic heterocycles. The molecule has 1 aromatic carbocycles. The van der Waals surface area contributed by atoms with Crippen LogP contribution in [0.1, 0.15) is 82.3 Å². The zero-order chi connectivity index (χ0) is 15.5. The van der Waals surface area contributed by atoms with Crippen molar-refractivity contribution < 1.29 is 0 Å². The van der Waals surface area contributed by atoms with Gasteiger partial charge in [0.05, 0.1) is 0 Å². The molecule has 2 aliphatic rings. The quantitative estimate of drug-likeness (QED) is 0.580. The number of hydrogen-bond donors (Lipinski definition) is 0. The van der Waals surface area contributed by atoms with Crippen molar-refractivity contribution in [1.29, 1.82) is 0 Å². The topological polar surface area (TPSA) is 0 Å². The molecular formula is C22H34. The Balaban J connectivity index is 1.52. The summed E-state index contributed by atoms with van der Waals surface area (Å²) in [5, 5.41) is 0. The molecule has 2 saturated carbocycles. The van der Waals surface area contributed by atoms with E-state index in [0.29, 0.717) is 0 Å². The van der Waals surface area contributed by atoms with Crippen molar-refractivity contribution in [3.05, 3.63) is 35.4 Å². The minimum absolute atomic E-state index is 0.743. The Bertz CT molecular complexity index is 441. The molecule has 0 radical (unpaired) electrons. The first-order valence-corrected chi connectivity index (χ1v) is 9.70. The van der Waals surface area contributed by atoms with Crippen LogP contribution in [0.25, 0.3) is 0 Å². The van der Waals surface area contributed by atoms with Crippen LogP contribution in [0.4, 0.5) is 0 Å². The lowest BCUT2D eigenvalue weighted by Gasteiger charge is -2.39. The van der Waals surface area contributed by atoms with Crippen molar-refractivity contribution >= 4 is 0 Å². The fourth-order valence-corrected chi connectivity index (χ4v) is 5.02. The summed E-state index contributed by atoms with van der Waals surface area (Å²) in [4.78, 5) is 0. The Morgan fingerprint density at radius 1 is 0.773 bits per heavy atom. The molecule has 0 heteroatoms. The van der Waals surface area contributed by atoms with Crippen LogP contribution in [0.5, 0.6) is 0 Å². The molecule has 0 amide bonds. The van der Waals surface area contributed by atoms with E-state index in [9.17, 15) is 0 Å². The average molecular weight is 299 g/mol. The number of hydrogen-bond acceptors (Lipinski definition) is 0. The normalized spacial score (nSPS) is 34.3. The highest BCUT2D eigenvalue weighted by Crippen LogP contribution is 2.44. The lowest BCUT2D eigenvalue weighted by atomic mass is 9.67. The van der Waals surface area contributed by atoms with Crippen LogP contribution >= 0.6 is 0 Å². The van der Waals surface area contributed by atoms with Gasteiger partial charge in [-0.1, -0.05) is 56.5 Å². The van der Waals surface area contributed by atoms with E-state index >= 15 is 0 Å². The SMILES string of the molecule is Cc1ccc(C(C)C2CCC(C3CCC(C)CC3)CC2)cc1. The Morgan fingerprint density at radius 3 is 1.82 bits per heavy atom. The van der Waals surface area contributed by atoms with Gasteiger partial charge in [-0.3, -0.25) is 0 Å². The van der Waals surface area contributed by atoms with Gasteiger partial charge in [-0.2, -0.15) is 0 Å². The van der Waals surface area contributed by atoms with Crippen LogP contribution in [-0.2, 0) is 0 Å². The molecule has 1 unspecified atom stereocenters. The molecule has 122 valence electrons. The van der Waals surface area contributed by atoms with Gasteiger partial charge < -0.3 is 0 Å². The summed E-state index contributed by atoms with van der Waals surface area (Å²) in [6, 6.07) is 9.27. The smallest absolute Gasteiger partial charge is 0.0162 e. The lowest BCUT2D eigenvalue weighted by molar-refractivity contribution is 0.143. The van der Waals surface area contributed by atoms with Crippen molar-refractivity contribution in [2.75, 3.05) is 0 Å². The predicted octanol–water partition coefficient (Wildman–Crippen LogP) is 6.73. The Labute approximate surface area is 137 Å². The van der Waals surface area contributed by atoms with E-state index in [-0.39, 0.29) is 0 Å². The minimum atomic E-state index is 0.743. The fourth-order valence-electron chi connectivity index (χ4n) is 5.02. The molecule has 0 nitrogen and oxygen atoms in total. The second kappa shape index (κ2) is 7.20. The summed E-state index contributed by atoms with van der Waals surface area (Å²) in [5.74, 6) is 4.77. The largest absolute Gasteiger partial charge is 0.0625 e. The number of aryl methyl sites for hydroxylation is 1. The standard InChI is InChI=1S/C22H34/c1-16-4-8-19(9-5-16)18(3)20-12-14-22(15-13-20)21-10-6-17(2)7-11-21/h4-5,8-9,17-18,20-22H,6-7,10-15H2,1-3H3. The third-order valence-corrected chi connectivity index (χ3v) is 6.85. The van der Waals surface area contributed by atoms with Crippen molar-refractivity contribution in [3.8, 4) is 0 Å². The van der Waals surface area contributed by atoms with Crippen molar-refractivity contribution in [3.63, 3.8) is 0 Å². The molecule has 0 aromatic heterocycles. The first-order valence-electron chi connectivity index (χ1n) is 9.70. The van der Waals surface area contributed by atoms with Gasteiger partial charge in [0.1, 0.15) is 0 Å². The maximum Gasteiger partial charge on any atom is -0.0162 e. The van der Waals surface area contributed by atoms with Gasteiger partial charge in [0, 0.05) is 0 Å². The van der Waals surface area contributed by atoms with E-state index in [4.69, 9.17) is 0 Å². The van der Waals surface area contributed by atoms with Crippen molar-refractivity contribution in [2.24, 2.45) is 23.7 Å². The first-order chi connectivity index (χ1) is 10.6. The van der Waals surface area contributed by atoms with Gasteiger partial charge >= 0.3 is 0 Å². The van der Waals surface area contributed by atoms with Crippen LogP contribution in [0, 0.1) is 30.6 Å². The molecule has 0 bridgehead atoms. The summed E-state index contributed by atoms with van der Waals surface area (Å²) < 4.78 is 0. The third kappa shape index (κ3) is 3.76.